The molecule has 1 aliphatic rings. The number of hydrogen-bond acceptors (Lipinski definition) is 5. The summed E-state index contributed by atoms with van der Waals surface area (Å²) in [5.41, 5.74) is 2.59. The van der Waals surface area contributed by atoms with Crippen molar-refractivity contribution in [3.63, 3.8) is 0 Å². The van der Waals surface area contributed by atoms with Crippen molar-refractivity contribution in [2.45, 2.75) is 39.2 Å². The molecule has 1 aliphatic heterocycles. The summed E-state index contributed by atoms with van der Waals surface area (Å²) < 4.78 is 4.93. The van der Waals surface area contributed by atoms with Crippen LogP contribution in [0.2, 0.25) is 0 Å². The molecular formula is C19H23N3O3S. The van der Waals surface area contributed by atoms with Gasteiger partial charge in [-0.05, 0) is 17.7 Å². The fourth-order valence-corrected chi connectivity index (χ4v) is 3.49. The van der Waals surface area contributed by atoms with Gasteiger partial charge in [-0.1, -0.05) is 32.9 Å². The highest BCUT2D eigenvalue weighted by molar-refractivity contribution is 7.09. The molecule has 6 nitrogen and oxygen atoms in total. The lowest BCUT2D eigenvalue weighted by atomic mass is 9.98. The maximum absolute atomic E-state index is 12.1. The molecule has 138 valence electrons. The zero-order chi connectivity index (χ0) is 18.7. The second-order valence-corrected chi connectivity index (χ2v) is 8.14. The van der Waals surface area contributed by atoms with Crippen molar-refractivity contribution in [3.8, 4) is 0 Å². The van der Waals surface area contributed by atoms with Gasteiger partial charge in [0.15, 0.2) is 0 Å². The van der Waals surface area contributed by atoms with Gasteiger partial charge in [0.25, 0.3) is 0 Å². The van der Waals surface area contributed by atoms with E-state index in [1.807, 2.05) is 29.6 Å². The van der Waals surface area contributed by atoms with Crippen molar-refractivity contribution in [2.75, 3.05) is 18.1 Å². The van der Waals surface area contributed by atoms with E-state index in [4.69, 9.17) is 4.74 Å². The molecule has 2 aromatic rings. The highest BCUT2D eigenvalue weighted by Gasteiger charge is 2.23. The Morgan fingerprint density at radius 3 is 2.62 bits per heavy atom. The third-order valence-corrected chi connectivity index (χ3v) is 5.35. The highest BCUT2D eigenvalue weighted by atomic mass is 32.1. The zero-order valence-corrected chi connectivity index (χ0v) is 16.1. The molecule has 0 radical (unpaired) electrons. The first kappa shape index (κ1) is 18.4. The summed E-state index contributed by atoms with van der Waals surface area (Å²) in [4.78, 5) is 29.8. The third kappa shape index (κ3) is 4.40. The minimum atomic E-state index is -0.316. The van der Waals surface area contributed by atoms with Gasteiger partial charge in [0.1, 0.15) is 6.61 Å². The van der Waals surface area contributed by atoms with Crippen molar-refractivity contribution in [2.24, 2.45) is 0 Å². The Morgan fingerprint density at radius 1 is 1.31 bits per heavy atom. The first-order valence-electron chi connectivity index (χ1n) is 8.58. The summed E-state index contributed by atoms with van der Waals surface area (Å²) in [5.74, 6) is -0.0528. The topological polar surface area (TPSA) is 71.5 Å². The molecule has 1 saturated heterocycles. The molecule has 7 heteroatoms. The molecule has 1 fully saturated rings. The van der Waals surface area contributed by atoms with Crippen LogP contribution in [0.15, 0.2) is 29.6 Å². The molecule has 1 aromatic carbocycles. The number of benzene rings is 1. The number of thiazole rings is 1. The van der Waals surface area contributed by atoms with Crippen LogP contribution in [-0.4, -0.2) is 30.1 Å². The summed E-state index contributed by atoms with van der Waals surface area (Å²) in [6.07, 6.45) is -0.0338. The van der Waals surface area contributed by atoms with Crippen LogP contribution >= 0.6 is 11.3 Å². The second kappa shape index (κ2) is 7.45. The molecule has 2 heterocycles. The highest BCUT2D eigenvalue weighted by Crippen LogP contribution is 2.25. The van der Waals surface area contributed by atoms with Gasteiger partial charge in [-0.2, -0.15) is 0 Å². The Bertz CT molecular complexity index is 793. The first-order valence-corrected chi connectivity index (χ1v) is 9.46. The number of carbonyl (C=O) groups excluding carboxylic acids is 2. The van der Waals surface area contributed by atoms with E-state index in [1.165, 1.54) is 0 Å². The maximum Gasteiger partial charge on any atom is 0.414 e. The number of amides is 2. The number of aromatic nitrogens is 1. The van der Waals surface area contributed by atoms with Gasteiger partial charge >= 0.3 is 6.09 Å². The van der Waals surface area contributed by atoms with Crippen molar-refractivity contribution >= 4 is 29.0 Å². The molecule has 0 unspecified atom stereocenters. The smallest absolute Gasteiger partial charge is 0.414 e. The predicted molar refractivity (Wildman–Crippen MR) is 102 cm³/mol. The van der Waals surface area contributed by atoms with E-state index in [0.717, 1.165) is 22.0 Å². The van der Waals surface area contributed by atoms with E-state index in [2.05, 4.69) is 31.1 Å². The minimum Gasteiger partial charge on any atom is -0.447 e. The lowest BCUT2D eigenvalue weighted by Gasteiger charge is -2.13. The van der Waals surface area contributed by atoms with Gasteiger partial charge in [-0.15, -0.1) is 11.3 Å². The molecule has 0 bridgehead atoms. The summed E-state index contributed by atoms with van der Waals surface area (Å²) in [7, 11) is 0. The van der Waals surface area contributed by atoms with E-state index < -0.39 is 0 Å². The molecule has 2 amide bonds. The van der Waals surface area contributed by atoms with Crippen LogP contribution in [-0.2, 0) is 27.9 Å². The number of hydrogen-bond donors (Lipinski definition) is 1. The van der Waals surface area contributed by atoms with Gasteiger partial charge in [0.05, 0.1) is 23.7 Å². The molecule has 26 heavy (non-hydrogen) atoms. The Labute approximate surface area is 157 Å². The molecule has 3 rings (SSSR count). The fraction of sp³-hybridized carbons (Fsp3) is 0.421. The summed E-state index contributed by atoms with van der Waals surface area (Å²) >= 11 is 1.59. The van der Waals surface area contributed by atoms with E-state index >= 15 is 0 Å². The average molecular weight is 373 g/mol. The quantitative estimate of drug-likeness (QED) is 0.873. The number of carbonyl (C=O) groups is 2. The number of nitrogens with one attached hydrogen (secondary N) is 1. The fourth-order valence-electron chi connectivity index (χ4n) is 2.58. The van der Waals surface area contributed by atoms with Crippen LogP contribution in [0.25, 0.3) is 0 Å². The lowest BCUT2D eigenvalue weighted by molar-refractivity contribution is -0.120. The maximum atomic E-state index is 12.1. The Hall–Kier alpha value is -2.41. The van der Waals surface area contributed by atoms with Gasteiger partial charge < -0.3 is 10.1 Å². The van der Waals surface area contributed by atoms with Crippen molar-refractivity contribution in [1.29, 1.82) is 0 Å². The van der Waals surface area contributed by atoms with Crippen LogP contribution in [0.5, 0.6) is 0 Å². The van der Waals surface area contributed by atoms with Gasteiger partial charge in [-0.25, -0.2) is 9.78 Å². The van der Waals surface area contributed by atoms with E-state index in [0.29, 0.717) is 19.7 Å². The number of cyclic esters (lactones) is 1. The normalized spacial score (nSPS) is 14.4. The third-order valence-electron chi connectivity index (χ3n) is 4.03. The van der Waals surface area contributed by atoms with Crippen molar-refractivity contribution in [1.82, 2.24) is 10.3 Å². The largest absolute Gasteiger partial charge is 0.447 e. The average Bonchev–Trinajstić information content (AvgIpc) is 3.22. The Morgan fingerprint density at radius 2 is 2.04 bits per heavy atom. The van der Waals surface area contributed by atoms with Crippen LogP contribution in [0, 0.1) is 0 Å². The van der Waals surface area contributed by atoms with Crippen LogP contribution in [0.1, 0.15) is 37.0 Å². The summed E-state index contributed by atoms with van der Waals surface area (Å²) in [6, 6.07) is 7.54. The standard InChI is InChI=1S/C19H23N3O3S/c1-19(2,3)17-21-14(12-26-17)10-16(23)20-11-13-4-6-15(7-5-13)22-8-9-25-18(22)24/h4-7,12H,8-11H2,1-3H3,(H,20,23). The van der Waals surface area contributed by atoms with Crippen LogP contribution in [0.4, 0.5) is 10.5 Å². The van der Waals surface area contributed by atoms with E-state index in [1.54, 1.807) is 16.2 Å². The molecule has 1 aromatic heterocycles. The number of ether oxygens (including phenoxy) is 1. The molecule has 0 saturated carbocycles. The zero-order valence-electron chi connectivity index (χ0n) is 15.2. The Balaban J connectivity index is 1.51. The van der Waals surface area contributed by atoms with E-state index in [9.17, 15) is 9.59 Å². The van der Waals surface area contributed by atoms with Crippen LogP contribution in [0.3, 0.4) is 0 Å². The van der Waals surface area contributed by atoms with Gasteiger partial charge in [-0.3, -0.25) is 9.69 Å². The van der Waals surface area contributed by atoms with Crippen LogP contribution < -0.4 is 10.2 Å². The second-order valence-electron chi connectivity index (χ2n) is 7.28. The first-order chi connectivity index (χ1) is 12.3. The lowest BCUT2D eigenvalue weighted by Crippen LogP contribution is -2.25. The SMILES string of the molecule is CC(C)(C)c1nc(CC(=O)NCc2ccc(N3CCOC3=O)cc2)cs1. The molecule has 0 aliphatic carbocycles. The predicted octanol–water partition coefficient (Wildman–Crippen LogP) is 3.26. The van der Waals surface area contributed by atoms with Crippen molar-refractivity contribution < 1.29 is 14.3 Å². The molecule has 0 spiro atoms. The number of anilines is 1. The Kier molecular flexibility index (Phi) is 5.27. The monoisotopic (exact) mass is 373 g/mol. The summed E-state index contributed by atoms with van der Waals surface area (Å²) in [5, 5.41) is 5.90. The number of nitrogens with zero attached hydrogens (tertiary/aromatic N) is 2. The summed E-state index contributed by atoms with van der Waals surface area (Å²) in [6.45, 7) is 7.77. The molecular weight excluding hydrogens is 350 g/mol. The van der Waals surface area contributed by atoms with Crippen molar-refractivity contribution in [3.05, 3.63) is 45.9 Å². The minimum absolute atomic E-state index is 0.00288. The molecule has 1 N–H and O–H groups in total. The van der Waals surface area contributed by atoms with Gasteiger partial charge in [0.2, 0.25) is 5.91 Å². The molecule has 0 atom stereocenters. The number of rotatable bonds is 5. The van der Waals surface area contributed by atoms with Gasteiger partial charge in [0, 0.05) is 23.0 Å². The van der Waals surface area contributed by atoms with E-state index in [-0.39, 0.29) is 23.8 Å².